The van der Waals surface area contributed by atoms with Gasteiger partial charge in [0, 0.05) is 75.9 Å². The average Bonchev–Trinajstić information content (AvgIpc) is 3.38. The molecule has 204 valence electrons. The van der Waals surface area contributed by atoms with Gasteiger partial charge in [0.25, 0.3) is 0 Å². The van der Waals surface area contributed by atoms with Crippen molar-refractivity contribution in [2.75, 3.05) is 57.8 Å². The van der Waals surface area contributed by atoms with E-state index in [4.69, 9.17) is 4.74 Å². The number of piperidine rings is 1. The van der Waals surface area contributed by atoms with Gasteiger partial charge >= 0.3 is 6.03 Å². The molecule has 2 amide bonds. The van der Waals surface area contributed by atoms with Crippen molar-refractivity contribution >= 4 is 17.2 Å². The van der Waals surface area contributed by atoms with Crippen LogP contribution in [0.25, 0.3) is 16.6 Å². The molecular formula is C29H39FN6O2. The van der Waals surface area contributed by atoms with Crippen molar-refractivity contribution in [2.45, 2.75) is 45.3 Å². The molecule has 2 aromatic heterocycles. The summed E-state index contributed by atoms with van der Waals surface area (Å²) in [5, 5.41) is 7.39. The van der Waals surface area contributed by atoms with Crippen molar-refractivity contribution in [3.8, 4) is 11.1 Å². The summed E-state index contributed by atoms with van der Waals surface area (Å²) in [5.41, 5.74) is 3.74. The number of likely N-dealkylation sites (tertiary alicyclic amines) is 1. The fourth-order valence-electron chi connectivity index (χ4n) is 5.89. The third-order valence-electron chi connectivity index (χ3n) is 8.12. The summed E-state index contributed by atoms with van der Waals surface area (Å²) >= 11 is 0. The summed E-state index contributed by atoms with van der Waals surface area (Å²) in [6, 6.07) is 9.98. The van der Waals surface area contributed by atoms with Crippen LogP contribution in [0, 0.1) is 5.82 Å². The van der Waals surface area contributed by atoms with E-state index < -0.39 is 5.60 Å². The lowest BCUT2D eigenvalue weighted by Crippen LogP contribution is -2.51. The summed E-state index contributed by atoms with van der Waals surface area (Å²) in [5.74, 6) is -0.236. The highest BCUT2D eigenvalue weighted by Gasteiger charge is 2.40. The molecule has 1 aromatic carbocycles. The maximum Gasteiger partial charge on any atom is 0.317 e. The molecule has 1 atom stereocenters. The maximum absolute atomic E-state index is 15.7. The minimum Gasteiger partial charge on any atom is -0.372 e. The number of anilines is 1. The Hall–Kier alpha value is -3.17. The Kier molecular flexibility index (Phi) is 7.59. The minimum atomic E-state index is -0.637. The first-order chi connectivity index (χ1) is 18.3. The lowest BCUT2D eigenvalue weighted by Gasteiger charge is -2.44. The number of amides is 2. The molecule has 1 N–H and O–H groups in total. The highest BCUT2D eigenvalue weighted by Crippen LogP contribution is 2.38. The zero-order valence-corrected chi connectivity index (χ0v) is 22.9. The first kappa shape index (κ1) is 26.4. The Bertz CT molecular complexity index is 1290. The van der Waals surface area contributed by atoms with Gasteiger partial charge in [-0.15, -0.1) is 0 Å². The molecule has 2 saturated heterocycles. The number of halogens is 1. The topological polar surface area (TPSA) is 65.4 Å². The second kappa shape index (κ2) is 10.9. The van der Waals surface area contributed by atoms with Crippen LogP contribution in [0.1, 0.15) is 39.2 Å². The molecule has 38 heavy (non-hydrogen) atoms. The van der Waals surface area contributed by atoms with E-state index in [1.165, 1.54) is 0 Å². The molecule has 0 radical (unpaired) electrons. The van der Waals surface area contributed by atoms with Gasteiger partial charge in [0.1, 0.15) is 11.4 Å². The van der Waals surface area contributed by atoms with E-state index >= 15 is 4.39 Å². The van der Waals surface area contributed by atoms with Gasteiger partial charge in [-0.25, -0.2) is 13.7 Å². The largest absolute Gasteiger partial charge is 0.372 e. The molecule has 5 rings (SSSR count). The summed E-state index contributed by atoms with van der Waals surface area (Å²) in [6.45, 7) is 11.4. The van der Waals surface area contributed by atoms with Gasteiger partial charge in [0.05, 0.1) is 11.2 Å². The Balaban J connectivity index is 1.39. The van der Waals surface area contributed by atoms with Crippen LogP contribution in [0.3, 0.4) is 0 Å². The molecule has 9 heteroatoms. The van der Waals surface area contributed by atoms with E-state index in [-0.39, 0.29) is 11.8 Å². The van der Waals surface area contributed by atoms with Crippen LogP contribution >= 0.6 is 0 Å². The van der Waals surface area contributed by atoms with Crippen molar-refractivity contribution in [3.63, 3.8) is 0 Å². The summed E-state index contributed by atoms with van der Waals surface area (Å²) < 4.78 is 23.6. The SMILES string of the molecule is CCNC(=O)N1CCN(c2ccnn3cc(-c4ccc([C@@]5(OC)CCCN(C(C)C)C5)c(F)c4)cc23)CC1. The summed E-state index contributed by atoms with van der Waals surface area (Å²) in [7, 11) is 1.70. The van der Waals surface area contributed by atoms with Gasteiger partial charge in [-0.2, -0.15) is 5.10 Å². The van der Waals surface area contributed by atoms with E-state index in [0.29, 0.717) is 37.8 Å². The molecule has 2 aliphatic heterocycles. The molecule has 0 bridgehead atoms. The molecule has 0 spiro atoms. The van der Waals surface area contributed by atoms with Crippen molar-refractivity contribution in [3.05, 3.63) is 54.1 Å². The third-order valence-corrected chi connectivity index (χ3v) is 8.12. The number of urea groups is 1. The number of aromatic nitrogens is 2. The number of hydrogen-bond donors (Lipinski definition) is 1. The molecule has 3 aromatic rings. The maximum atomic E-state index is 15.7. The molecule has 2 fully saturated rings. The second-order valence-corrected chi connectivity index (χ2v) is 10.6. The second-order valence-electron chi connectivity index (χ2n) is 10.6. The van der Waals surface area contributed by atoms with Crippen molar-refractivity contribution in [2.24, 2.45) is 0 Å². The number of ether oxygens (including phenoxy) is 1. The first-order valence-corrected chi connectivity index (χ1v) is 13.7. The van der Waals surface area contributed by atoms with Gasteiger partial charge in [-0.05, 0) is 63.9 Å². The molecule has 0 unspecified atom stereocenters. The Morgan fingerprint density at radius 1 is 1.13 bits per heavy atom. The van der Waals surface area contributed by atoms with Crippen LogP contribution in [0.15, 0.2) is 42.7 Å². The smallest absolute Gasteiger partial charge is 0.317 e. The average molecular weight is 523 g/mol. The molecule has 8 nitrogen and oxygen atoms in total. The van der Waals surface area contributed by atoms with Crippen LogP contribution in [0.2, 0.25) is 0 Å². The lowest BCUT2D eigenvalue weighted by molar-refractivity contribution is -0.0787. The van der Waals surface area contributed by atoms with Gasteiger partial charge < -0.3 is 19.9 Å². The predicted octanol–water partition coefficient (Wildman–Crippen LogP) is 4.34. The number of piperazine rings is 1. The predicted molar refractivity (Wildman–Crippen MR) is 148 cm³/mol. The van der Waals surface area contributed by atoms with Crippen molar-refractivity contribution < 1.29 is 13.9 Å². The summed E-state index contributed by atoms with van der Waals surface area (Å²) in [6.07, 6.45) is 5.52. The standard InChI is InChI=1S/C29H39FN6O2/c1-5-31-28(37)34-15-13-33(14-16-34)26-9-11-32-36-19-23(18-27(26)36)22-7-8-24(25(30)17-22)29(38-4)10-6-12-35(20-29)21(2)3/h7-9,11,17-19,21H,5-6,10,12-16,20H2,1-4H3,(H,31,37)/t29-/m1/s1. The Morgan fingerprint density at radius 3 is 2.61 bits per heavy atom. The Morgan fingerprint density at radius 2 is 1.92 bits per heavy atom. The van der Waals surface area contributed by atoms with Crippen molar-refractivity contribution in [1.82, 2.24) is 24.7 Å². The number of carbonyl (C=O) groups is 1. The number of fused-ring (bicyclic) bond motifs is 1. The van der Waals surface area contributed by atoms with Crippen molar-refractivity contribution in [1.29, 1.82) is 0 Å². The number of carbonyl (C=O) groups excluding carboxylic acids is 1. The number of nitrogens with one attached hydrogen (secondary N) is 1. The van der Waals surface area contributed by atoms with E-state index in [2.05, 4.69) is 40.1 Å². The first-order valence-electron chi connectivity index (χ1n) is 13.7. The fraction of sp³-hybridized carbons (Fsp3) is 0.517. The van der Waals surface area contributed by atoms with Gasteiger partial charge in [-0.3, -0.25) is 4.90 Å². The number of hydrogen-bond acceptors (Lipinski definition) is 5. The number of benzene rings is 1. The van der Waals surface area contributed by atoms with Crippen LogP contribution in [-0.4, -0.2) is 84.4 Å². The fourth-order valence-corrected chi connectivity index (χ4v) is 5.89. The monoisotopic (exact) mass is 522 g/mol. The van der Waals surface area contributed by atoms with E-state index in [0.717, 1.165) is 54.8 Å². The third kappa shape index (κ3) is 4.97. The molecule has 0 aliphatic carbocycles. The Labute approximate surface area is 224 Å². The normalized spacial score (nSPS) is 20.9. The van der Waals surface area contributed by atoms with Gasteiger partial charge in [0.2, 0.25) is 0 Å². The van der Waals surface area contributed by atoms with Gasteiger partial charge in [0.15, 0.2) is 0 Å². The van der Waals surface area contributed by atoms with E-state index in [1.54, 1.807) is 19.4 Å². The van der Waals surface area contributed by atoms with Crippen LogP contribution < -0.4 is 10.2 Å². The van der Waals surface area contributed by atoms with Gasteiger partial charge in [-0.1, -0.05) is 12.1 Å². The van der Waals surface area contributed by atoms with Crippen LogP contribution in [-0.2, 0) is 10.3 Å². The van der Waals surface area contributed by atoms with Crippen LogP contribution in [0.4, 0.5) is 14.9 Å². The molecular weight excluding hydrogens is 483 g/mol. The zero-order valence-electron chi connectivity index (χ0n) is 22.9. The minimum absolute atomic E-state index is 0.0112. The molecule has 0 saturated carbocycles. The zero-order chi connectivity index (χ0) is 26.9. The van der Waals surface area contributed by atoms with Crippen LogP contribution in [0.5, 0.6) is 0 Å². The highest BCUT2D eigenvalue weighted by molar-refractivity contribution is 5.80. The van der Waals surface area contributed by atoms with E-state index in [1.807, 2.05) is 40.7 Å². The quantitative estimate of drug-likeness (QED) is 0.522. The lowest BCUT2D eigenvalue weighted by atomic mass is 9.84. The summed E-state index contributed by atoms with van der Waals surface area (Å²) in [4.78, 5) is 18.7. The molecule has 4 heterocycles. The molecule has 2 aliphatic rings. The number of rotatable bonds is 6. The number of nitrogens with zero attached hydrogens (tertiary/aromatic N) is 5. The van der Waals surface area contributed by atoms with E-state index in [9.17, 15) is 4.79 Å². The number of methoxy groups -OCH3 is 1. The highest BCUT2D eigenvalue weighted by atomic mass is 19.1.